The van der Waals surface area contributed by atoms with Gasteiger partial charge in [0, 0.05) is 19.5 Å². The zero-order chi connectivity index (χ0) is 27.1. The quantitative estimate of drug-likeness (QED) is 0.188. The van der Waals surface area contributed by atoms with Gasteiger partial charge in [-0.2, -0.15) is 5.26 Å². The van der Waals surface area contributed by atoms with Gasteiger partial charge in [-0.05, 0) is 49.1 Å². The number of aromatic hydroxyl groups is 1. The Morgan fingerprint density at radius 3 is 2.51 bits per heavy atom. The maximum absolute atomic E-state index is 13.1. The Hall–Kier alpha value is -3.42. The first-order valence-corrected chi connectivity index (χ1v) is 13.2. The van der Waals surface area contributed by atoms with Crippen molar-refractivity contribution in [2.75, 3.05) is 13.7 Å². The topological polar surface area (TPSA) is 113 Å². The molecule has 1 aliphatic heterocycles. The Labute approximate surface area is 225 Å². The summed E-state index contributed by atoms with van der Waals surface area (Å²) in [6.45, 7) is 3.97. The van der Waals surface area contributed by atoms with E-state index in [-0.39, 0.29) is 42.1 Å². The minimum Gasteiger partial charge on any atom is -0.497 e. The van der Waals surface area contributed by atoms with Crippen LogP contribution in [0, 0.1) is 18.3 Å². The van der Waals surface area contributed by atoms with Crippen molar-refractivity contribution in [2.24, 2.45) is 0 Å². The molecular formula is C27H29N3O5S2. The Bertz CT molecular complexity index is 1340. The summed E-state index contributed by atoms with van der Waals surface area (Å²) in [6, 6.07) is 9.18. The van der Waals surface area contributed by atoms with Crippen molar-refractivity contribution in [3.8, 4) is 17.7 Å². The number of thioether (sulfide) groups is 1. The number of thiocarbonyl (C=S) groups is 1. The van der Waals surface area contributed by atoms with Gasteiger partial charge in [-0.3, -0.25) is 23.9 Å². The third-order valence-electron chi connectivity index (χ3n) is 6.14. The summed E-state index contributed by atoms with van der Waals surface area (Å²) in [5.74, 6) is -0.312. The van der Waals surface area contributed by atoms with E-state index in [0.717, 1.165) is 23.0 Å². The predicted octanol–water partition coefficient (Wildman–Crippen LogP) is 4.80. The largest absolute Gasteiger partial charge is 0.497 e. The molecule has 1 aromatic heterocycles. The van der Waals surface area contributed by atoms with E-state index in [1.54, 1.807) is 25.3 Å². The second-order valence-corrected chi connectivity index (χ2v) is 10.3. The predicted molar refractivity (Wildman–Crippen MR) is 148 cm³/mol. The van der Waals surface area contributed by atoms with Crippen LogP contribution in [-0.4, -0.2) is 44.2 Å². The van der Waals surface area contributed by atoms with Crippen molar-refractivity contribution in [1.29, 1.82) is 5.26 Å². The number of Topliss-reactive ketones (excluding diaryl/α,β-unsaturated/α-hetero) is 1. The molecule has 1 aliphatic rings. The van der Waals surface area contributed by atoms with Crippen LogP contribution in [0.2, 0.25) is 0 Å². The smallest absolute Gasteiger partial charge is 0.271 e. The molecule has 1 saturated heterocycles. The molecule has 194 valence electrons. The van der Waals surface area contributed by atoms with Crippen molar-refractivity contribution in [1.82, 2.24) is 9.47 Å². The average Bonchev–Trinajstić information content (AvgIpc) is 3.14. The first kappa shape index (κ1) is 28.2. The highest BCUT2D eigenvalue weighted by atomic mass is 32.2. The third-order valence-corrected chi connectivity index (χ3v) is 7.51. The highest BCUT2D eigenvalue weighted by molar-refractivity contribution is 8.26. The maximum atomic E-state index is 13.1. The van der Waals surface area contributed by atoms with E-state index in [1.165, 1.54) is 23.6 Å². The molecule has 37 heavy (non-hydrogen) atoms. The second-order valence-electron chi connectivity index (χ2n) is 8.61. The van der Waals surface area contributed by atoms with Crippen LogP contribution in [0.3, 0.4) is 0 Å². The van der Waals surface area contributed by atoms with Crippen LogP contribution in [0.25, 0.3) is 6.08 Å². The number of rotatable bonds is 11. The minimum absolute atomic E-state index is 0.0149. The van der Waals surface area contributed by atoms with Gasteiger partial charge in [0.15, 0.2) is 5.78 Å². The average molecular weight is 540 g/mol. The fourth-order valence-electron chi connectivity index (χ4n) is 4.08. The normalized spacial score (nSPS) is 14.3. The van der Waals surface area contributed by atoms with Gasteiger partial charge in [-0.1, -0.05) is 55.9 Å². The number of nitrogens with zero attached hydrogens (tertiary/aromatic N) is 3. The zero-order valence-electron chi connectivity index (χ0n) is 21.1. The van der Waals surface area contributed by atoms with Gasteiger partial charge in [0.1, 0.15) is 21.7 Å². The molecule has 1 N–H and O–H groups in total. The molecule has 0 saturated carbocycles. The summed E-state index contributed by atoms with van der Waals surface area (Å²) >= 11 is 6.59. The van der Waals surface area contributed by atoms with Crippen LogP contribution >= 0.6 is 24.0 Å². The first-order chi connectivity index (χ1) is 17.7. The summed E-state index contributed by atoms with van der Waals surface area (Å²) in [5, 5.41) is 20.3. The molecule has 8 nitrogen and oxygen atoms in total. The number of ether oxygens (including phenoxy) is 1. The van der Waals surface area contributed by atoms with E-state index in [2.05, 4.69) is 0 Å². The van der Waals surface area contributed by atoms with Crippen molar-refractivity contribution in [3.05, 3.63) is 61.8 Å². The second kappa shape index (κ2) is 12.7. The Morgan fingerprint density at radius 2 is 1.89 bits per heavy atom. The SMILES string of the molecule is CCCCCn1c(O)c(C(=O)CCCN2C(=O)/C(=C/c3ccc(OC)cc3)SC2=S)c(C)c(C#N)c1=O. The first-order valence-electron chi connectivity index (χ1n) is 12.0. The fourth-order valence-corrected chi connectivity index (χ4v) is 5.39. The maximum Gasteiger partial charge on any atom is 0.271 e. The fraction of sp³-hybridized carbons (Fsp3) is 0.370. The number of aromatic nitrogens is 1. The van der Waals surface area contributed by atoms with E-state index in [0.29, 0.717) is 27.8 Å². The lowest BCUT2D eigenvalue weighted by molar-refractivity contribution is -0.122. The lowest BCUT2D eigenvalue weighted by atomic mass is 9.99. The molecule has 2 aromatic rings. The summed E-state index contributed by atoms with van der Waals surface area (Å²) < 4.78 is 6.68. The number of nitriles is 1. The summed E-state index contributed by atoms with van der Waals surface area (Å²) in [4.78, 5) is 40.6. The van der Waals surface area contributed by atoms with Gasteiger partial charge in [-0.15, -0.1) is 0 Å². The van der Waals surface area contributed by atoms with Crippen LogP contribution < -0.4 is 10.3 Å². The van der Waals surface area contributed by atoms with Gasteiger partial charge in [0.25, 0.3) is 11.5 Å². The molecule has 1 aromatic carbocycles. The molecule has 0 atom stereocenters. The third kappa shape index (κ3) is 6.29. The standard InChI is InChI=1S/C27H29N3O5S2/c1-4-5-6-13-29-24(32)20(16-28)17(2)23(26(29)34)21(31)8-7-14-30-25(33)22(37-27(30)36)15-18-9-11-19(35-3)12-10-18/h9-12,15,34H,4-8,13-14H2,1-3H3/b22-15-. The van der Waals surface area contributed by atoms with Gasteiger partial charge in [0.2, 0.25) is 5.88 Å². The number of methoxy groups -OCH3 is 1. The van der Waals surface area contributed by atoms with Crippen LogP contribution in [0.4, 0.5) is 0 Å². The van der Waals surface area contributed by atoms with E-state index >= 15 is 0 Å². The van der Waals surface area contributed by atoms with Crippen molar-refractivity contribution < 1.29 is 19.4 Å². The van der Waals surface area contributed by atoms with E-state index in [4.69, 9.17) is 17.0 Å². The minimum atomic E-state index is -0.591. The molecule has 1 fully saturated rings. The van der Waals surface area contributed by atoms with Crippen molar-refractivity contribution in [2.45, 2.75) is 52.5 Å². The molecule has 0 bridgehead atoms. The van der Waals surface area contributed by atoms with Crippen LogP contribution in [0.1, 0.15) is 66.1 Å². The molecular weight excluding hydrogens is 510 g/mol. The van der Waals surface area contributed by atoms with E-state index < -0.39 is 17.2 Å². The summed E-state index contributed by atoms with van der Waals surface area (Å²) in [7, 11) is 1.58. The van der Waals surface area contributed by atoms with E-state index in [9.17, 15) is 24.8 Å². The van der Waals surface area contributed by atoms with Crippen LogP contribution in [0.15, 0.2) is 34.0 Å². The lowest BCUT2D eigenvalue weighted by Gasteiger charge is -2.17. The molecule has 3 rings (SSSR count). The summed E-state index contributed by atoms with van der Waals surface area (Å²) in [6.07, 6.45) is 4.49. The number of hydrogen-bond donors (Lipinski definition) is 1. The van der Waals surface area contributed by atoms with Crippen LogP contribution in [0.5, 0.6) is 11.6 Å². The Morgan fingerprint density at radius 1 is 1.19 bits per heavy atom. The van der Waals surface area contributed by atoms with E-state index in [1.807, 2.05) is 25.1 Å². The lowest BCUT2D eigenvalue weighted by Crippen LogP contribution is -2.30. The molecule has 0 unspecified atom stereocenters. The van der Waals surface area contributed by atoms with Gasteiger partial charge < -0.3 is 9.84 Å². The van der Waals surface area contributed by atoms with Gasteiger partial charge in [-0.25, -0.2) is 0 Å². The molecule has 2 heterocycles. The number of benzene rings is 1. The number of amides is 1. The molecule has 10 heteroatoms. The zero-order valence-corrected chi connectivity index (χ0v) is 22.7. The van der Waals surface area contributed by atoms with Crippen molar-refractivity contribution >= 4 is 46.1 Å². The molecule has 0 spiro atoms. The summed E-state index contributed by atoms with van der Waals surface area (Å²) in [5.41, 5.74) is 0.265. The van der Waals surface area contributed by atoms with Crippen molar-refractivity contribution in [3.63, 3.8) is 0 Å². The van der Waals surface area contributed by atoms with Gasteiger partial charge in [0.05, 0.1) is 17.6 Å². The number of ketones is 1. The Balaban J connectivity index is 1.71. The Kier molecular flexibility index (Phi) is 9.66. The van der Waals surface area contributed by atoms with Gasteiger partial charge >= 0.3 is 0 Å². The number of pyridine rings is 1. The number of carbonyl (C=O) groups is 2. The molecule has 0 aliphatic carbocycles. The monoisotopic (exact) mass is 539 g/mol. The molecule has 0 radical (unpaired) electrons. The molecule has 1 amide bonds. The number of hydrogen-bond acceptors (Lipinski definition) is 8. The highest BCUT2D eigenvalue weighted by Crippen LogP contribution is 2.33. The number of carbonyl (C=O) groups excluding carboxylic acids is 2. The van der Waals surface area contributed by atoms with Crippen LogP contribution in [-0.2, 0) is 11.3 Å². The highest BCUT2D eigenvalue weighted by Gasteiger charge is 2.32. The number of unbranched alkanes of at least 4 members (excludes halogenated alkanes) is 2.